The van der Waals surface area contributed by atoms with Gasteiger partial charge in [-0.1, -0.05) is 0 Å². The molecule has 2 atom stereocenters. The minimum absolute atomic E-state index is 0.0702. The Balaban J connectivity index is 1.35. The third-order valence-corrected chi connectivity index (χ3v) is 8.12. The highest BCUT2D eigenvalue weighted by molar-refractivity contribution is 5.48. The molecule has 8 nitrogen and oxygen atoms in total. The van der Waals surface area contributed by atoms with Crippen molar-refractivity contribution in [2.75, 3.05) is 19.8 Å². The molecule has 0 spiro atoms. The normalized spacial score (nSPS) is 25.2. The first kappa shape index (κ1) is 23.7. The summed E-state index contributed by atoms with van der Waals surface area (Å²) in [5, 5.41) is 4.49. The lowest BCUT2D eigenvalue weighted by molar-refractivity contribution is -0.0384. The summed E-state index contributed by atoms with van der Waals surface area (Å²) in [5.41, 5.74) is 4.09. The van der Waals surface area contributed by atoms with E-state index in [1.165, 1.54) is 0 Å². The molecule has 3 aromatic rings. The van der Waals surface area contributed by atoms with Crippen molar-refractivity contribution in [2.45, 2.75) is 82.3 Å². The van der Waals surface area contributed by atoms with Crippen molar-refractivity contribution in [1.82, 2.24) is 24.1 Å². The van der Waals surface area contributed by atoms with Crippen LogP contribution in [-0.2, 0) is 9.47 Å². The number of aryl methyl sites for hydroxylation is 1. The molecule has 1 aliphatic carbocycles. The van der Waals surface area contributed by atoms with Crippen LogP contribution >= 0.6 is 0 Å². The van der Waals surface area contributed by atoms with Crippen LogP contribution in [0.3, 0.4) is 0 Å². The van der Waals surface area contributed by atoms with Gasteiger partial charge in [0.1, 0.15) is 0 Å². The summed E-state index contributed by atoms with van der Waals surface area (Å²) >= 11 is 0. The van der Waals surface area contributed by atoms with Gasteiger partial charge >= 0.3 is 0 Å². The Bertz CT molecular complexity index is 1340. The number of fused-ring (bicyclic) bond motifs is 1. The van der Waals surface area contributed by atoms with Gasteiger partial charge in [-0.25, -0.2) is 13.8 Å². The predicted molar refractivity (Wildman–Crippen MR) is 128 cm³/mol. The fourth-order valence-electron chi connectivity index (χ4n) is 5.56. The number of alkyl halides is 2. The van der Waals surface area contributed by atoms with Crippen LogP contribution in [0.2, 0.25) is 0 Å². The molecule has 6 rings (SSSR count). The van der Waals surface area contributed by atoms with Gasteiger partial charge in [0, 0.05) is 60.5 Å². The first-order valence-electron chi connectivity index (χ1n) is 12.8. The Morgan fingerprint density at radius 3 is 2.56 bits per heavy atom. The van der Waals surface area contributed by atoms with Gasteiger partial charge < -0.3 is 9.47 Å². The van der Waals surface area contributed by atoms with Crippen LogP contribution in [0.4, 0.5) is 8.78 Å². The van der Waals surface area contributed by atoms with Crippen LogP contribution in [0.15, 0.2) is 23.4 Å². The maximum absolute atomic E-state index is 13.9. The molecule has 0 bridgehead atoms. The predicted octanol–water partition coefficient (Wildman–Crippen LogP) is 4.40. The lowest BCUT2D eigenvalue weighted by Gasteiger charge is -2.31. The molecule has 10 heteroatoms. The largest absolute Gasteiger partial charge is 0.377 e. The molecule has 0 N–H and O–H groups in total. The highest BCUT2D eigenvalue weighted by atomic mass is 19.3. The molecule has 0 radical (unpaired) electrons. The Labute approximate surface area is 207 Å². The summed E-state index contributed by atoms with van der Waals surface area (Å²) in [6, 6.07) is 0.275. The van der Waals surface area contributed by atoms with Crippen molar-refractivity contribution < 1.29 is 18.3 Å². The summed E-state index contributed by atoms with van der Waals surface area (Å²) < 4.78 is 42.7. The van der Waals surface area contributed by atoms with E-state index in [0.29, 0.717) is 61.7 Å². The Kier molecular flexibility index (Phi) is 5.91. The number of aromatic nitrogens is 5. The fraction of sp³-hybridized carbons (Fsp3) is 0.615. The third-order valence-electron chi connectivity index (χ3n) is 8.12. The molecule has 0 aromatic carbocycles. The van der Waals surface area contributed by atoms with Crippen LogP contribution in [-0.4, -0.2) is 49.9 Å². The second-order valence-electron chi connectivity index (χ2n) is 10.5. The summed E-state index contributed by atoms with van der Waals surface area (Å²) in [6.45, 7) is 5.50. The monoisotopic (exact) mass is 499 g/mol. The molecular weight excluding hydrogens is 468 g/mol. The Hall–Kier alpha value is -2.72. The lowest BCUT2D eigenvalue weighted by atomic mass is 9.84. The average molecular weight is 500 g/mol. The number of nitrogens with zero attached hydrogens (tertiary/aromatic N) is 5. The second-order valence-corrected chi connectivity index (χ2v) is 10.5. The molecule has 2 saturated heterocycles. The van der Waals surface area contributed by atoms with Gasteiger partial charge in [-0.15, -0.1) is 0 Å². The van der Waals surface area contributed by atoms with Crippen molar-refractivity contribution in [1.29, 1.82) is 0 Å². The molecule has 192 valence electrons. The van der Waals surface area contributed by atoms with Gasteiger partial charge in [-0.05, 0) is 39.5 Å². The molecule has 0 unspecified atom stereocenters. The van der Waals surface area contributed by atoms with E-state index >= 15 is 0 Å². The topological polar surface area (TPSA) is 83.5 Å². The minimum Gasteiger partial charge on any atom is -0.377 e. The van der Waals surface area contributed by atoms with Crippen LogP contribution in [0, 0.1) is 13.8 Å². The quantitative estimate of drug-likeness (QED) is 0.529. The molecule has 36 heavy (non-hydrogen) atoms. The zero-order chi connectivity index (χ0) is 25.0. The van der Waals surface area contributed by atoms with Gasteiger partial charge in [-0.3, -0.25) is 18.9 Å². The van der Waals surface area contributed by atoms with E-state index in [9.17, 15) is 13.6 Å². The standard InChI is InChI=1S/C26H31F2N5O3/c1-15-16(2)30-24-23(17-3-6-26(27,28)7-4-17)31-21(12-32(24)25(15)34)18-5-8-36-22(9-18)19-10-29-33(11-19)20-13-35-14-20/h10-12,17-18,20,22H,3-9,13-14H2,1-2H3/t18-,22+/m0/s1. The van der Waals surface area contributed by atoms with E-state index in [1.54, 1.807) is 17.5 Å². The second kappa shape index (κ2) is 8.99. The highest BCUT2D eigenvalue weighted by Gasteiger charge is 2.37. The van der Waals surface area contributed by atoms with Crippen LogP contribution in [0.1, 0.15) is 90.7 Å². The van der Waals surface area contributed by atoms with E-state index in [4.69, 9.17) is 19.4 Å². The number of hydrogen-bond donors (Lipinski definition) is 0. The fourth-order valence-corrected chi connectivity index (χ4v) is 5.56. The third kappa shape index (κ3) is 4.24. The summed E-state index contributed by atoms with van der Waals surface area (Å²) in [5.74, 6) is -2.71. The van der Waals surface area contributed by atoms with Crippen LogP contribution in [0.5, 0.6) is 0 Å². The molecule has 5 heterocycles. The maximum atomic E-state index is 13.9. The highest BCUT2D eigenvalue weighted by Crippen LogP contribution is 2.42. The SMILES string of the molecule is Cc1nc2c(C3CCC(F)(F)CC3)nc([C@H]3CCO[C@@H](c4cnn(C5COC5)c4)C3)cn2c(=O)c1C. The van der Waals surface area contributed by atoms with E-state index in [1.807, 2.05) is 24.0 Å². The van der Waals surface area contributed by atoms with Gasteiger partial charge in [0.25, 0.3) is 5.56 Å². The van der Waals surface area contributed by atoms with Gasteiger partial charge in [-0.2, -0.15) is 5.10 Å². The maximum Gasteiger partial charge on any atom is 0.261 e. The van der Waals surface area contributed by atoms with Crippen LogP contribution < -0.4 is 5.56 Å². The minimum atomic E-state index is -2.63. The Morgan fingerprint density at radius 2 is 1.83 bits per heavy atom. The molecule has 3 fully saturated rings. The summed E-state index contributed by atoms with van der Waals surface area (Å²) in [6.07, 6.45) is 7.39. The van der Waals surface area contributed by atoms with Crippen molar-refractivity contribution >= 4 is 5.65 Å². The van der Waals surface area contributed by atoms with Gasteiger partial charge in [0.05, 0.1) is 42.9 Å². The zero-order valence-corrected chi connectivity index (χ0v) is 20.6. The summed E-state index contributed by atoms with van der Waals surface area (Å²) in [4.78, 5) is 23.0. The molecular formula is C26H31F2N5O3. The van der Waals surface area contributed by atoms with E-state index in [2.05, 4.69) is 5.10 Å². The van der Waals surface area contributed by atoms with Crippen molar-refractivity contribution in [3.8, 4) is 0 Å². The van der Waals surface area contributed by atoms with Gasteiger partial charge in [0.2, 0.25) is 5.92 Å². The molecule has 3 aliphatic rings. The average Bonchev–Trinajstić information content (AvgIpc) is 3.31. The number of ether oxygens (including phenoxy) is 2. The summed E-state index contributed by atoms with van der Waals surface area (Å²) in [7, 11) is 0. The number of rotatable bonds is 4. The lowest BCUT2D eigenvalue weighted by Crippen LogP contribution is -2.30. The van der Waals surface area contributed by atoms with Crippen molar-refractivity contribution in [3.63, 3.8) is 0 Å². The zero-order valence-electron chi connectivity index (χ0n) is 20.6. The number of hydrogen-bond acceptors (Lipinski definition) is 6. The molecule has 3 aromatic heterocycles. The van der Waals surface area contributed by atoms with Gasteiger partial charge in [0.15, 0.2) is 5.65 Å². The van der Waals surface area contributed by atoms with E-state index in [0.717, 1.165) is 17.7 Å². The number of halogens is 2. The Morgan fingerprint density at radius 1 is 1.06 bits per heavy atom. The molecule has 2 aliphatic heterocycles. The molecule has 1 saturated carbocycles. The first-order chi connectivity index (χ1) is 17.3. The van der Waals surface area contributed by atoms with E-state index < -0.39 is 5.92 Å². The molecule has 0 amide bonds. The van der Waals surface area contributed by atoms with Crippen molar-refractivity contribution in [3.05, 3.63) is 57.2 Å². The smallest absolute Gasteiger partial charge is 0.261 e. The van der Waals surface area contributed by atoms with E-state index in [-0.39, 0.29) is 42.4 Å². The first-order valence-corrected chi connectivity index (χ1v) is 12.8. The van der Waals surface area contributed by atoms with Crippen LogP contribution in [0.25, 0.3) is 5.65 Å². The van der Waals surface area contributed by atoms with Crippen molar-refractivity contribution in [2.24, 2.45) is 0 Å².